The normalized spacial score (nSPS) is 11.0. The molecule has 2 heterocycles. The number of rotatable bonds is 8. The Morgan fingerprint density at radius 1 is 0.308 bits per heavy atom. The standard InChI is InChI=1S/C59H36N6/c1-60-48-31-33-54-52(37-48)53-38-49(61-2)32-34-55(53)65(54)56-50(43-19-11-5-12-20-43)35-47(36-51(56)44-21-13-6-14-22-44)59-63-57(45-27-23-41(24-28-45)39-15-7-3-8-16-39)62-58(64-59)46-29-25-42(26-30-46)40-17-9-4-10-18-40/h3-38H. The number of nitrogens with zero attached hydrogens (tertiary/aromatic N) is 6. The molecule has 0 amide bonds. The van der Waals surface area contributed by atoms with Crippen LogP contribution in [0.3, 0.4) is 0 Å². The van der Waals surface area contributed by atoms with Crippen LogP contribution in [0.5, 0.6) is 0 Å². The van der Waals surface area contributed by atoms with Crippen LogP contribution >= 0.6 is 0 Å². The summed E-state index contributed by atoms with van der Waals surface area (Å²) in [6.07, 6.45) is 0. The molecule has 0 atom stereocenters. The van der Waals surface area contributed by atoms with Gasteiger partial charge in [-0.2, -0.15) is 0 Å². The van der Waals surface area contributed by atoms with E-state index in [1.807, 2.05) is 84.9 Å². The summed E-state index contributed by atoms with van der Waals surface area (Å²) in [5.41, 5.74) is 14.9. The summed E-state index contributed by atoms with van der Waals surface area (Å²) in [6, 6.07) is 74.3. The quantitative estimate of drug-likeness (QED) is 0.143. The van der Waals surface area contributed by atoms with Crippen molar-refractivity contribution in [3.63, 3.8) is 0 Å². The Morgan fingerprint density at radius 2 is 0.631 bits per heavy atom. The molecule has 0 N–H and O–H groups in total. The van der Waals surface area contributed by atoms with Crippen molar-refractivity contribution in [2.24, 2.45) is 0 Å². The molecule has 0 saturated heterocycles. The van der Waals surface area contributed by atoms with Crippen LogP contribution in [-0.2, 0) is 0 Å². The largest absolute Gasteiger partial charge is 0.308 e. The molecule has 0 saturated carbocycles. The molecule has 0 aliphatic carbocycles. The molecule has 302 valence electrons. The highest BCUT2D eigenvalue weighted by molar-refractivity contribution is 6.12. The molecular formula is C59H36N6. The summed E-state index contributed by atoms with van der Waals surface area (Å²) in [7, 11) is 0. The van der Waals surface area contributed by atoms with E-state index in [0.29, 0.717) is 28.8 Å². The van der Waals surface area contributed by atoms with Crippen molar-refractivity contribution < 1.29 is 0 Å². The number of aromatic nitrogens is 4. The van der Waals surface area contributed by atoms with Crippen LogP contribution in [0.15, 0.2) is 218 Å². The Balaban J connectivity index is 1.18. The number of hydrogen-bond donors (Lipinski definition) is 0. The van der Waals surface area contributed by atoms with E-state index in [2.05, 4.69) is 148 Å². The highest BCUT2D eigenvalue weighted by Crippen LogP contribution is 2.45. The Kier molecular flexibility index (Phi) is 9.86. The number of hydrogen-bond acceptors (Lipinski definition) is 3. The molecule has 0 aliphatic heterocycles. The van der Waals surface area contributed by atoms with Gasteiger partial charge in [0.1, 0.15) is 0 Å². The third kappa shape index (κ3) is 7.28. The van der Waals surface area contributed by atoms with E-state index in [9.17, 15) is 0 Å². The van der Waals surface area contributed by atoms with Gasteiger partial charge in [0.05, 0.1) is 29.9 Å². The van der Waals surface area contributed by atoms with E-state index in [1.54, 1.807) is 0 Å². The summed E-state index contributed by atoms with van der Waals surface area (Å²) < 4.78 is 2.29. The third-order valence-electron chi connectivity index (χ3n) is 11.9. The monoisotopic (exact) mass is 828 g/mol. The Labute approximate surface area is 376 Å². The molecule has 0 bridgehead atoms. The second kappa shape index (κ2) is 16.6. The maximum atomic E-state index is 7.86. The van der Waals surface area contributed by atoms with Crippen molar-refractivity contribution in [2.75, 3.05) is 0 Å². The maximum absolute atomic E-state index is 7.86. The number of benzene rings is 9. The molecule has 0 fully saturated rings. The highest BCUT2D eigenvalue weighted by atomic mass is 15.0. The van der Waals surface area contributed by atoms with Crippen LogP contribution in [0.4, 0.5) is 11.4 Å². The second-order valence-corrected chi connectivity index (χ2v) is 15.8. The van der Waals surface area contributed by atoms with Gasteiger partial charge in [-0.15, -0.1) is 0 Å². The average Bonchev–Trinajstić information content (AvgIpc) is 3.71. The molecular weight excluding hydrogens is 793 g/mol. The summed E-state index contributed by atoms with van der Waals surface area (Å²) in [5.74, 6) is 1.67. The molecule has 0 aliphatic rings. The van der Waals surface area contributed by atoms with Crippen molar-refractivity contribution in [1.82, 2.24) is 19.5 Å². The van der Waals surface area contributed by atoms with Crippen LogP contribution in [0, 0.1) is 13.1 Å². The summed E-state index contributed by atoms with van der Waals surface area (Å²) in [4.78, 5) is 23.3. The predicted molar refractivity (Wildman–Crippen MR) is 265 cm³/mol. The highest BCUT2D eigenvalue weighted by Gasteiger charge is 2.23. The third-order valence-corrected chi connectivity index (χ3v) is 11.9. The van der Waals surface area contributed by atoms with Gasteiger partial charge in [0.25, 0.3) is 0 Å². The fourth-order valence-corrected chi connectivity index (χ4v) is 8.71. The van der Waals surface area contributed by atoms with E-state index in [-0.39, 0.29) is 0 Å². The minimum atomic E-state index is 0.538. The van der Waals surface area contributed by atoms with Gasteiger partial charge in [-0.3, -0.25) is 0 Å². The van der Waals surface area contributed by atoms with Gasteiger partial charge in [0.15, 0.2) is 28.8 Å². The van der Waals surface area contributed by atoms with E-state index in [1.165, 1.54) is 0 Å². The fourth-order valence-electron chi connectivity index (χ4n) is 8.71. The van der Waals surface area contributed by atoms with E-state index in [4.69, 9.17) is 28.1 Å². The molecule has 0 unspecified atom stereocenters. The van der Waals surface area contributed by atoms with Crippen LogP contribution in [0.25, 0.3) is 116 Å². The van der Waals surface area contributed by atoms with Gasteiger partial charge in [-0.1, -0.05) is 182 Å². The zero-order valence-corrected chi connectivity index (χ0v) is 35.0. The molecule has 6 heteroatoms. The second-order valence-electron chi connectivity index (χ2n) is 15.8. The molecule has 11 aromatic rings. The lowest BCUT2D eigenvalue weighted by atomic mass is 9.92. The smallest absolute Gasteiger partial charge is 0.188 e. The van der Waals surface area contributed by atoms with Crippen molar-refractivity contribution in [3.8, 4) is 84.4 Å². The minimum Gasteiger partial charge on any atom is -0.308 e. The van der Waals surface area contributed by atoms with Crippen LogP contribution in [0.1, 0.15) is 0 Å². The zero-order chi connectivity index (χ0) is 43.7. The van der Waals surface area contributed by atoms with Gasteiger partial charge in [0.2, 0.25) is 0 Å². The van der Waals surface area contributed by atoms with Crippen LogP contribution < -0.4 is 0 Å². The molecule has 6 nitrogen and oxygen atoms in total. The van der Waals surface area contributed by atoms with Crippen LogP contribution in [-0.4, -0.2) is 19.5 Å². The lowest BCUT2D eigenvalue weighted by Crippen LogP contribution is -2.04. The van der Waals surface area contributed by atoms with Gasteiger partial charge in [-0.05, 0) is 80.6 Å². The van der Waals surface area contributed by atoms with Gasteiger partial charge in [-0.25, -0.2) is 24.6 Å². The van der Waals surface area contributed by atoms with E-state index in [0.717, 1.165) is 88.7 Å². The fraction of sp³-hybridized carbons (Fsp3) is 0. The lowest BCUT2D eigenvalue weighted by molar-refractivity contribution is 1.07. The maximum Gasteiger partial charge on any atom is 0.188 e. The van der Waals surface area contributed by atoms with Crippen molar-refractivity contribution in [1.29, 1.82) is 0 Å². The zero-order valence-electron chi connectivity index (χ0n) is 35.0. The van der Waals surface area contributed by atoms with Gasteiger partial charge in [0, 0.05) is 27.8 Å². The van der Waals surface area contributed by atoms with E-state index >= 15 is 0 Å². The van der Waals surface area contributed by atoms with Crippen molar-refractivity contribution in [3.05, 3.63) is 241 Å². The van der Waals surface area contributed by atoms with Crippen LogP contribution in [0.2, 0.25) is 0 Å². The first-order valence-electron chi connectivity index (χ1n) is 21.3. The predicted octanol–water partition coefficient (Wildman–Crippen LogP) is 15.7. The topological polar surface area (TPSA) is 52.3 Å². The summed E-state index contributed by atoms with van der Waals surface area (Å²) >= 11 is 0. The van der Waals surface area contributed by atoms with Gasteiger partial charge >= 0.3 is 0 Å². The molecule has 65 heavy (non-hydrogen) atoms. The first kappa shape index (κ1) is 38.7. The molecule has 0 radical (unpaired) electrons. The van der Waals surface area contributed by atoms with Crippen molar-refractivity contribution >= 4 is 33.2 Å². The van der Waals surface area contributed by atoms with E-state index < -0.39 is 0 Å². The Morgan fingerprint density at radius 3 is 1.00 bits per heavy atom. The molecule has 11 rings (SSSR count). The average molecular weight is 829 g/mol. The van der Waals surface area contributed by atoms with Gasteiger partial charge < -0.3 is 4.57 Å². The summed E-state index contributed by atoms with van der Waals surface area (Å²) in [6.45, 7) is 15.7. The Hall–Kier alpha value is -9.23. The first-order valence-corrected chi connectivity index (χ1v) is 21.3. The lowest BCUT2D eigenvalue weighted by Gasteiger charge is -2.21. The minimum absolute atomic E-state index is 0.538. The first-order chi connectivity index (χ1) is 32.1. The Bertz CT molecular complexity index is 3390. The molecule has 9 aromatic carbocycles. The molecule has 0 spiro atoms. The molecule has 2 aromatic heterocycles. The SMILES string of the molecule is [C-]#[N+]c1ccc2c(c1)c1cc([N+]#[C-])ccc1n2-c1c(-c2ccccc2)cc(-c2nc(-c3ccc(-c4ccccc4)cc3)nc(-c3ccc(-c4ccccc4)cc3)n2)cc1-c1ccccc1. The number of fused-ring (bicyclic) bond motifs is 3. The van der Waals surface area contributed by atoms with Crippen molar-refractivity contribution in [2.45, 2.75) is 0 Å². The summed E-state index contributed by atoms with van der Waals surface area (Å²) in [5, 5.41) is 1.81.